The third kappa shape index (κ3) is 1.65. The first-order valence-electron chi connectivity index (χ1n) is 5.57. The number of furan rings is 1. The minimum absolute atomic E-state index is 0.0844. The first-order valence-corrected chi connectivity index (χ1v) is 5.57. The van der Waals surface area contributed by atoms with Crippen molar-refractivity contribution in [1.82, 2.24) is 0 Å². The van der Waals surface area contributed by atoms with Gasteiger partial charge in [0, 0.05) is 10.9 Å². The molecule has 3 rings (SSSR count). The Balaban J connectivity index is 2.34. The highest BCUT2D eigenvalue weighted by atomic mass is 16.3. The number of para-hydroxylation sites is 1. The SMILES string of the molecule is OBc1oc2ccccc2c1-c1ccccc1. The smallest absolute Gasteiger partial charge is 0.348 e. The molecule has 0 aliphatic rings. The van der Waals surface area contributed by atoms with Crippen LogP contribution in [0.1, 0.15) is 0 Å². The number of rotatable bonds is 2. The first kappa shape index (κ1) is 10.2. The van der Waals surface area contributed by atoms with E-state index >= 15 is 0 Å². The summed E-state index contributed by atoms with van der Waals surface area (Å²) in [6.45, 7) is 0. The Kier molecular flexibility index (Phi) is 2.46. The molecule has 0 saturated heterocycles. The molecule has 1 N–H and O–H groups in total. The van der Waals surface area contributed by atoms with Crippen molar-refractivity contribution in [2.45, 2.75) is 0 Å². The topological polar surface area (TPSA) is 33.4 Å². The van der Waals surface area contributed by atoms with Crippen LogP contribution >= 0.6 is 0 Å². The van der Waals surface area contributed by atoms with E-state index in [-0.39, 0.29) is 7.48 Å². The van der Waals surface area contributed by atoms with Gasteiger partial charge in [0.1, 0.15) is 11.2 Å². The van der Waals surface area contributed by atoms with Crippen LogP contribution in [0.25, 0.3) is 22.1 Å². The predicted molar refractivity (Wildman–Crippen MR) is 70.7 cm³/mol. The Morgan fingerprint density at radius 1 is 0.882 bits per heavy atom. The highest BCUT2D eigenvalue weighted by molar-refractivity contribution is 6.47. The average molecular weight is 222 g/mol. The van der Waals surface area contributed by atoms with E-state index in [2.05, 4.69) is 0 Å². The molecule has 0 spiro atoms. The third-order valence-corrected chi connectivity index (χ3v) is 2.87. The number of benzene rings is 2. The zero-order valence-corrected chi connectivity index (χ0v) is 9.26. The van der Waals surface area contributed by atoms with E-state index in [4.69, 9.17) is 4.42 Å². The zero-order chi connectivity index (χ0) is 11.7. The summed E-state index contributed by atoms with van der Waals surface area (Å²) in [6, 6.07) is 17.8. The van der Waals surface area contributed by atoms with Gasteiger partial charge in [-0.2, -0.15) is 0 Å². The van der Waals surface area contributed by atoms with Crippen LogP contribution in [-0.2, 0) is 0 Å². The molecular weight excluding hydrogens is 211 g/mol. The Hall–Kier alpha value is -2.00. The summed E-state index contributed by atoms with van der Waals surface area (Å²) in [5.41, 5.74) is 3.50. The van der Waals surface area contributed by atoms with E-state index < -0.39 is 0 Å². The van der Waals surface area contributed by atoms with Gasteiger partial charge in [-0.3, -0.25) is 0 Å². The van der Waals surface area contributed by atoms with Gasteiger partial charge in [0.15, 0.2) is 0 Å². The predicted octanol–water partition coefficient (Wildman–Crippen LogP) is 2.07. The second-order valence-electron chi connectivity index (χ2n) is 3.92. The molecule has 0 unspecified atom stereocenters. The third-order valence-electron chi connectivity index (χ3n) is 2.87. The van der Waals surface area contributed by atoms with Gasteiger partial charge in [0.2, 0.25) is 0 Å². The normalized spacial score (nSPS) is 10.6. The van der Waals surface area contributed by atoms with Gasteiger partial charge in [-0.1, -0.05) is 48.5 Å². The fourth-order valence-electron chi connectivity index (χ4n) is 2.13. The van der Waals surface area contributed by atoms with Gasteiger partial charge >= 0.3 is 7.48 Å². The highest BCUT2D eigenvalue weighted by Gasteiger charge is 2.15. The van der Waals surface area contributed by atoms with Crippen molar-refractivity contribution >= 4 is 24.1 Å². The summed E-state index contributed by atoms with van der Waals surface area (Å²) in [6.07, 6.45) is 0. The van der Waals surface area contributed by atoms with E-state index in [9.17, 15) is 5.02 Å². The van der Waals surface area contributed by atoms with Crippen LogP contribution in [0.4, 0.5) is 0 Å². The molecule has 2 nitrogen and oxygen atoms in total. The van der Waals surface area contributed by atoms with Gasteiger partial charge in [-0.05, 0) is 11.6 Å². The highest BCUT2D eigenvalue weighted by Crippen LogP contribution is 2.28. The van der Waals surface area contributed by atoms with Crippen molar-refractivity contribution in [1.29, 1.82) is 0 Å². The Morgan fingerprint density at radius 2 is 1.59 bits per heavy atom. The van der Waals surface area contributed by atoms with E-state index in [1.807, 2.05) is 54.6 Å². The maximum absolute atomic E-state index is 9.39. The molecule has 0 amide bonds. The monoisotopic (exact) mass is 222 g/mol. The van der Waals surface area contributed by atoms with Crippen LogP contribution in [0.15, 0.2) is 59.0 Å². The fraction of sp³-hybridized carbons (Fsp3) is 0. The van der Waals surface area contributed by atoms with Crippen molar-refractivity contribution in [2.75, 3.05) is 0 Å². The molecular formula is C14H11BO2. The minimum atomic E-state index is -0.0844. The first-order chi connectivity index (χ1) is 8.40. The van der Waals surface area contributed by atoms with Gasteiger partial charge < -0.3 is 9.44 Å². The molecule has 1 aromatic heterocycles. The van der Waals surface area contributed by atoms with Crippen LogP contribution in [0.3, 0.4) is 0 Å². The lowest BCUT2D eigenvalue weighted by Gasteiger charge is -2.00. The summed E-state index contributed by atoms with van der Waals surface area (Å²) in [7, 11) is -0.0844. The van der Waals surface area contributed by atoms with Gasteiger partial charge in [0.05, 0.1) is 0 Å². The maximum atomic E-state index is 9.39. The molecule has 1 heterocycles. The van der Waals surface area contributed by atoms with Crippen LogP contribution < -0.4 is 5.66 Å². The van der Waals surface area contributed by atoms with Gasteiger partial charge in [0.25, 0.3) is 0 Å². The van der Waals surface area contributed by atoms with E-state index in [0.29, 0.717) is 5.66 Å². The summed E-state index contributed by atoms with van der Waals surface area (Å²) in [4.78, 5) is 0. The van der Waals surface area contributed by atoms with Crippen LogP contribution in [-0.4, -0.2) is 12.5 Å². The van der Waals surface area contributed by atoms with Crippen molar-refractivity contribution in [3.63, 3.8) is 0 Å². The molecule has 0 bridgehead atoms. The number of fused-ring (bicyclic) bond motifs is 1. The second-order valence-corrected chi connectivity index (χ2v) is 3.92. The van der Waals surface area contributed by atoms with E-state index in [1.54, 1.807) is 0 Å². The largest absolute Gasteiger partial charge is 0.468 e. The molecule has 0 aliphatic carbocycles. The summed E-state index contributed by atoms with van der Waals surface area (Å²) >= 11 is 0. The van der Waals surface area contributed by atoms with E-state index in [0.717, 1.165) is 22.1 Å². The lowest BCUT2D eigenvalue weighted by atomic mass is 9.88. The number of hydrogen-bond acceptors (Lipinski definition) is 2. The molecule has 0 aliphatic heterocycles. The van der Waals surface area contributed by atoms with Crippen molar-refractivity contribution in [3.05, 3.63) is 54.6 Å². The zero-order valence-electron chi connectivity index (χ0n) is 9.26. The molecule has 3 heteroatoms. The van der Waals surface area contributed by atoms with Crippen molar-refractivity contribution in [3.8, 4) is 11.1 Å². The summed E-state index contributed by atoms with van der Waals surface area (Å²) in [5, 5.41) is 10.4. The van der Waals surface area contributed by atoms with Crippen LogP contribution in [0.2, 0.25) is 0 Å². The molecule has 0 fully saturated rings. The molecule has 3 aromatic rings. The van der Waals surface area contributed by atoms with Crippen molar-refractivity contribution < 1.29 is 9.44 Å². The van der Waals surface area contributed by atoms with Gasteiger partial charge in [-0.15, -0.1) is 0 Å². The quantitative estimate of drug-likeness (QED) is 0.673. The Morgan fingerprint density at radius 3 is 2.35 bits per heavy atom. The summed E-state index contributed by atoms with van der Waals surface area (Å²) in [5.74, 6) is 0. The van der Waals surface area contributed by atoms with Crippen molar-refractivity contribution in [2.24, 2.45) is 0 Å². The lowest BCUT2D eigenvalue weighted by Crippen LogP contribution is -2.13. The van der Waals surface area contributed by atoms with Gasteiger partial charge in [-0.25, -0.2) is 0 Å². The minimum Gasteiger partial charge on any atom is -0.468 e. The average Bonchev–Trinajstić information content (AvgIpc) is 2.78. The molecule has 17 heavy (non-hydrogen) atoms. The lowest BCUT2D eigenvalue weighted by molar-refractivity contribution is 0.585. The second kappa shape index (κ2) is 4.11. The Bertz CT molecular complexity index is 644. The molecule has 0 atom stereocenters. The molecule has 2 aromatic carbocycles. The van der Waals surface area contributed by atoms with E-state index in [1.165, 1.54) is 0 Å². The fourth-order valence-corrected chi connectivity index (χ4v) is 2.13. The van der Waals surface area contributed by atoms with Crippen LogP contribution in [0.5, 0.6) is 0 Å². The van der Waals surface area contributed by atoms with Crippen LogP contribution in [0, 0.1) is 0 Å². The molecule has 0 radical (unpaired) electrons. The standard InChI is InChI=1S/C14H11BO2/c16-15-14-13(10-6-2-1-3-7-10)11-8-4-5-9-12(11)17-14/h1-9,15-16H. The number of hydrogen-bond donors (Lipinski definition) is 1. The summed E-state index contributed by atoms with van der Waals surface area (Å²) < 4.78 is 5.65. The molecule has 82 valence electrons. The Labute approximate surface area is 99.8 Å². The molecule has 0 saturated carbocycles. The maximum Gasteiger partial charge on any atom is 0.348 e.